The minimum absolute atomic E-state index is 0.463. The second-order valence-corrected chi connectivity index (χ2v) is 3.83. The molecule has 0 radical (unpaired) electrons. The first kappa shape index (κ1) is 10.5. The van der Waals surface area contributed by atoms with Crippen LogP contribution in [-0.4, -0.2) is 25.5 Å². The van der Waals surface area contributed by atoms with E-state index in [4.69, 9.17) is 4.74 Å². The molecule has 0 fully saturated rings. The summed E-state index contributed by atoms with van der Waals surface area (Å²) in [7, 11) is 1.74. The third-order valence-corrected chi connectivity index (χ3v) is 2.51. The molecule has 0 aromatic heterocycles. The van der Waals surface area contributed by atoms with Crippen LogP contribution >= 0.6 is 0 Å². The second kappa shape index (κ2) is 4.56. The summed E-state index contributed by atoms with van der Waals surface area (Å²) < 4.78 is 5.05. The van der Waals surface area contributed by atoms with E-state index in [1.165, 1.54) is 16.9 Å². The van der Waals surface area contributed by atoms with E-state index in [0.29, 0.717) is 6.04 Å². The van der Waals surface area contributed by atoms with Crippen molar-refractivity contribution in [3.8, 4) is 0 Å². The van der Waals surface area contributed by atoms with Gasteiger partial charge in [-0.3, -0.25) is 4.99 Å². The second-order valence-electron chi connectivity index (χ2n) is 3.83. The molecular formula is C11H19NO. The molecule has 0 amide bonds. The first-order valence-corrected chi connectivity index (χ1v) is 4.85. The lowest BCUT2D eigenvalue weighted by molar-refractivity contribution is 0.189. The SMILES string of the molecule is COCCC1CC(=C(C)C)C(C)=N1. The number of ether oxygens (including phenoxy) is 1. The van der Waals surface area contributed by atoms with Crippen LogP contribution in [0.3, 0.4) is 0 Å². The van der Waals surface area contributed by atoms with E-state index in [-0.39, 0.29) is 0 Å². The molecule has 1 aliphatic rings. The Labute approximate surface area is 80.7 Å². The number of rotatable bonds is 3. The van der Waals surface area contributed by atoms with Crippen LogP contribution in [0.5, 0.6) is 0 Å². The number of allylic oxidation sites excluding steroid dienone is 1. The summed E-state index contributed by atoms with van der Waals surface area (Å²) in [6.07, 6.45) is 2.15. The Morgan fingerprint density at radius 3 is 2.69 bits per heavy atom. The highest BCUT2D eigenvalue weighted by molar-refractivity contribution is 6.00. The molecule has 0 aliphatic carbocycles. The van der Waals surface area contributed by atoms with Gasteiger partial charge in [0, 0.05) is 19.4 Å². The molecule has 1 heterocycles. The van der Waals surface area contributed by atoms with Gasteiger partial charge in [-0.25, -0.2) is 0 Å². The van der Waals surface area contributed by atoms with E-state index < -0.39 is 0 Å². The van der Waals surface area contributed by atoms with Gasteiger partial charge in [-0.2, -0.15) is 0 Å². The van der Waals surface area contributed by atoms with Crippen molar-refractivity contribution in [2.45, 2.75) is 39.7 Å². The van der Waals surface area contributed by atoms with Gasteiger partial charge in [0.05, 0.1) is 6.04 Å². The Kier molecular flexibility index (Phi) is 3.67. The Morgan fingerprint density at radius 2 is 2.23 bits per heavy atom. The Balaban J connectivity index is 2.56. The molecule has 0 saturated heterocycles. The highest BCUT2D eigenvalue weighted by Crippen LogP contribution is 2.24. The summed E-state index contributed by atoms with van der Waals surface area (Å²) in [4.78, 5) is 4.61. The van der Waals surface area contributed by atoms with Gasteiger partial charge in [0.1, 0.15) is 0 Å². The highest BCUT2D eigenvalue weighted by atomic mass is 16.5. The summed E-state index contributed by atoms with van der Waals surface area (Å²) >= 11 is 0. The summed E-state index contributed by atoms with van der Waals surface area (Å²) in [5.41, 5.74) is 4.07. The predicted molar refractivity (Wildman–Crippen MR) is 56.4 cm³/mol. The lowest BCUT2D eigenvalue weighted by Gasteiger charge is -2.05. The van der Waals surface area contributed by atoms with E-state index in [0.717, 1.165) is 19.4 Å². The lowest BCUT2D eigenvalue weighted by atomic mass is 10.0. The number of nitrogens with zero attached hydrogens (tertiary/aromatic N) is 1. The molecule has 1 atom stereocenters. The molecule has 0 bridgehead atoms. The molecule has 13 heavy (non-hydrogen) atoms. The Morgan fingerprint density at radius 1 is 1.54 bits per heavy atom. The smallest absolute Gasteiger partial charge is 0.0565 e. The monoisotopic (exact) mass is 181 g/mol. The van der Waals surface area contributed by atoms with Crippen molar-refractivity contribution >= 4 is 5.71 Å². The summed E-state index contributed by atoms with van der Waals surface area (Å²) in [5.74, 6) is 0. The molecule has 1 rings (SSSR count). The van der Waals surface area contributed by atoms with E-state index in [1.54, 1.807) is 7.11 Å². The highest BCUT2D eigenvalue weighted by Gasteiger charge is 2.19. The zero-order chi connectivity index (χ0) is 9.84. The van der Waals surface area contributed by atoms with Crippen molar-refractivity contribution in [1.82, 2.24) is 0 Å². The molecule has 0 spiro atoms. The molecule has 0 N–H and O–H groups in total. The fourth-order valence-corrected chi connectivity index (χ4v) is 1.77. The largest absolute Gasteiger partial charge is 0.385 e. The maximum Gasteiger partial charge on any atom is 0.0565 e. The third kappa shape index (κ3) is 2.66. The van der Waals surface area contributed by atoms with Crippen molar-refractivity contribution < 1.29 is 4.74 Å². The van der Waals surface area contributed by atoms with Crippen molar-refractivity contribution in [1.29, 1.82) is 0 Å². The fourth-order valence-electron chi connectivity index (χ4n) is 1.77. The average molecular weight is 181 g/mol. The molecular weight excluding hydrogens is 162 g/mol. The first-order valence-electron chi connectivity index (χ1n) is 4.85. The van der Waals surface area contributed by atoms with Gasteiger partial charge in [0.2, 0.25) is 0 Å². The molecule has 2 nitrogen and oxygen atoms in total. The van der Waals surface area contributed by atoms with Crippen LogP contribution in [0.1, 0.15) is 33.6 Å². The number of hydrogen-bond donors (Lipinski definition) is 0. The molecule has 0 aromatic carbocycles. The third-order valence-electron chi connectivity index (χ3n) is 2.51. The van der Waals surface area contributed by atoms with Crippen molar-refractivity contribution in [2.24, 2.45) is 4.99 Å². The van der Waals surface area contributed by atoms with Crippen LogP contribution in [0.15, 0.2) is 16.1 Å². The molecule has 1 unspecified atom stereocenters. The zero-order valence-electron chi connectivity index (χ0n) is 9.05. The number of hydrogen-bond acceptors (Lipinski definition) is 2. The van der Waals surface area contributed by atoms with Crippen LogP contribution in [0.4, 0.5) is 0 Å². The molecule has 2 heteroatoms. The molecule has 1 aliphatic heterocycles. The lowest BCUT2D eigenvalue weighted by Crippen LogP contribution is -2.04. The number of methoxy groups -OCH3 is 1. The average Bonchev–Trinajstić information content (AvgIpc) is 2.43. The molecule has 74 valence electrons. The number of aliphatic imine (C=N–C) groups is 1. The normalized spacial score (nSPS) is 22.0. The van der Waals surface area contributed by atoms with Crippen LogP contribution in [0.2, 0.25) is 0 Å². The standard InChI is InChI=1S/C11H19NO/c1-8(2)11-7-10(5-6-13-4)12-9(11)3/h10H,5-7H2,1-4H3. The molecule has 0 saturated carbocycles. The van der Waals surface area contributed by atoms with Gasteiger partial charge in [-0.1, -0.05) is 5.57 Å². The minimum Gasteiger partial charge on any atom is -0.385 e. The van der Waals surface area contributed by atoms with Crippen LogP contribution in [0.25, 0.3) is 0 Å². The van der Waals surface area contributed by atoms with Gasteiger partial charge >= 0.3 is 0 Å². The van der Waals surface area contributed by atoms with E-state index in [2.05, 4.69) is 25.8 Å². The van der Waals surface area contributed by atoms with Gasteiger partial charge in [0.15, 0.2) is 0 Å². The van der Waals surface area contributed by atoms with Gasteiger partial charge < -0.3 is 4.74 Å². The maximum absolute atomic E-state index is 5.05. The van der Waals surface area contributed by atoms with Crippen LogP contribution in [-0.2, 0) is 4.74 Å². The predicted octanol–water partition coefficient (Wildman–Crippen LogP) is 2.59. The van der Waals surface area contributed by atoms with Crippen LogP contribution in [0, 0.1) is 0 Å². The van der Waals surface area contributed by atoms with Gasteiger partial charge in [-0.15, -0.1) is 0 Å². The first-order chi connectivity index (χ1) is 6.15. The maximum atomic E-state index is 5.05. The Hall–Kier alpha value is -0.630. The fraction of sp³-hybridized carbons (Fsp3) is 0.727. The van der Waals surface area contributed by atoms with Crippen molar-refractivity contribution in [3.63, 3.8) is 0 Å². The zero-order valence-corrected chi connectivity index (χ0v) is 9.05. The summed E-state index contributed by atoms with van der Waals surface area (Å²) in [5, 5.41) is 0. The van der Waals surface area contributed by atoms with E-state index in [9.17, 15) is 0 Å². The van der Waals surface area contributed by atoms with Crippen molar-refractivity contribution in [2.75, 3.05) is 13.7 Å². The Bertz CT molecular complexity index is 236. The van der Waals surface area contributed by atoms with Gasteiger partial charge in [0.25, 0.3) is 0 Å². The van der Waals surface area contributed by atoms with Gasteiger partial charge in [-0.05, 0) is 39.2 Å². The topological polar surface area (TPSA) is 21.6 Å². The summed E-state index contributed by atoms with van der Waals surface area (Å²) in [6, 6.07) is 0.463. The van der Waals surface area contributed by atoms with E-state index >= 15 is 0 Å². The van der Waals surface area contributed by atoms with E-state index in [1.807, 2.05) is 0 Å². The van der Waals surface area contributed by atoms with Crippen molar-refractivity contribution in [3.05, 3.63) is 11.1 Å². The minimum atomic E-state index is 0.463. The summed E-state index contributed by atoms with van der Waals surface area (Å²) in [6.45, 7) is 7.24. The quantitative estimate of drug-likeness (QED) is 0.655. The molecule has 0 aromatic rings. The van der Waals surface area contributed by atoms with Crippen LogP contribution < -0.4 is 0 Å².